The third-order valence-corrected chi connectivity index (χ3v) is 1.45. The van der Waals surface area contributed by atoms with Gasteiger partial charge in [0.05, 0.1) is 5.69 Å². The second-order valence-electron chi connectivity index (χ2n) is 2.28. The first-order valence-corrected chi connectivity index (χ1v) is 3.54. The third kappa shape index (κ3) is 1.10. The van der Waals surface area contributed by atoms with Crippen LogP contribution in [0.1, 0.15) is 5.69 Å². The van der Waals surface area contributed by atoms with Crippen molar-refractivity contribution in [2.45, 2.75) is 6.54 Å². The smallest absolute Gasteiger partial charge is 0.322 e. The fourth-order valence-electron chi connectivity index (χ4n) is 0.877. The van der Waals surface area contributed by atoms with Crippen molar-refractivity contribution in [1.29, 1.82) is 0 Å². The zero-order valence-electron chi connectivity index (χ0n) is 6.34. The Morgan fingerprint density at radius 1 is 1.58 bits per heavy atom. The number of hydrogen-bond donors (Lipinski definition) is 1. The van der Waals surface area contributed by atoms with E-state index in [0.717, 1.165) is 5.69 Å². The van der Waals surface area contributed by atoms with Gasteiger partial charge in [-0.1, -0.05) is 0 Å². The Hall–Kier alpha value is -1.62. The number of aromatic nitrogens is 3. The van der Waals surface area contributed by atoms with Gasteiger partial charge in [-0.25, -0.2) is 0 Å². The summed E-state index contributed by atoms with van der Waals surface area (Å²) >= 11 is 0. The molecule has 0 fully saturated rings. The van der Waals surface area contributed by atoms with Crippen LogP contribution in [0.3, 0.4) is 0 Å². The molecule has 0 spiro atoms. The van der Waals surface area contributed by atoms with Gasteiger partial charge in [-0.2, -0.15) is 14.8 Å². The molecule has 0 saturated heterocycles. The van der Waals surface area contributed by atoms with E-state index in [9.17, 15) is 0 Å². The summed E-state index contributed by atoms with van der Waals surface area (Å²) in [6.07, 6.45) is 4.94. The molecular weight excluding hydrogens is 156 g/mol. The Kier molecular flexibility index (Phi) is 1.64. The molecule has 0 aliphatic carbocycles. The van der Waals surface area contributed by atoms with Gasteiger partial charge in [-0.3, -0.25) is 0 Å². The van der Waals surface area contributed by atoms with E-state index in [1.807, 2.05) is 0 Å². The lowest BCUT2D eigenvalue weighted by Crippen LogP contribution is -1.98. The van der Waals surface area contributed by atoms with Gasteiger partial charge in [0, 0.05) is 18.9 Å². The van der Waals surface area contributed by atoms with Crippen molar-refractivity contribution in [3.05, 3.63) is 30.4 Å². The lowest BCUT2D eigenvalue weighted by atomic mass is 10.5. The highest BCUT2D eigenvalue weighted by atomic mass is 16.4. The quantitative estimate of drug-likeness (QED) is 0.693. The molecule has 0 aliphatic heterocycles. The highest BCUT2D eigenvalue weighted by Gasteiger charge is 2.03. The summed E-state index contributed by atoms with van der Waals surface area (Å²) in [5.74, 6) is 0. The first kappa shape index (κ1) is 7.05. The van der Waals surface area contributed by atoms with Crippen molar-refractivity contribution in [3.63, 3.8) is 0 Å². The highest BCUT2D eigenvalue weighted by Crippen LogP contribution is 2.05. The summed E-state index contributed by atoms with van der Waals surface area (Å²) in [5.41, 5.74) is 6.09. The molecule has 0 saturated carbocycles. The number of nitrogens with two attached hydrogens (primary N) is 1. The zero-order valence-corrected chi connectivity index (χ0v) is 6.34. The van der Waals surface area contributed by atoms with Gasteiger partial charge in [0.1, 0.15) is 6.26 Å². The normalized spacial score (nSPS) is 10.4. The van der Waals surface area contributed by atoms with Crippen LogP contribution in [0.25, 0.3) is 6.01 Å². The first-order chi connectivity index (χ1) is 5.90. The average Bonchev–Trinajstić information content (AvgIpc) is 2.75. The molecule has 0 aromatic carbocycles. The molecule has 0 unspecified atom stereocenters. The van der Waals surface area contributed by atoms with Crippen molar-refractivity contribution in [2.75, 3.05) is 0 Å². The maximum atomic E-state index is 5.36. The highest BCUT2D eigenvalue weighted by molar-refractivity contribution is 5.08. The first-order valence-electron chi connectivity index (χ1n) is 3.54. The minimum absolute atomic E-state index is 0.380. The predicted molar refractivity (Wildman–Crippen MR) is 41.5 cm³/mol. The van der Waals surface area contributed by atoms with Gasteiger partial charge in [0.2, 0.25) is 0 Å². The van der Waals surface area contributed by atoms with Crippen LogP contribution >= 0.6 is 0 Å². The third-order valence-electron chi connectivity index (χ3n) is 1.45. The van der Waals surface area contributed by atoms with E-state index >= 15 is 0 Å². The van der Waals surface area contributed by atoms with Crippen LogP contribution in [0.4, 0.5) is 0 Å². The van der Waals surface area contributed by atoms with E-state index in [1.54, 1.807) is 23.1 Å². The van der Waals surface area contributed by atoms with Crippen LogP contribution in [0.5, 0.6) is 0 Å². The second-order valence-corrected chi connectivity index (χ2v) is 2.28. The molecule has 2 aromatic heterocycles. The maximum Gasteiger partial charge on any atom is 0.322 e. The molecule has 0 radical (unpaired) electrons. The van der Waals surface area contributed by atoms with Crippen LogP contribution < -0.4 is 5.73 Å². The molecule has 0 aliphatic rings. The van der Waals surface area contributed by atoms with Crippen LogP contribution in [0.15, 0.2) is 29.1 Å². The molecule has 12 heavy (non-hydrogen) atoms. The summed E-state index contributed by atoms with van der Waals surface area (Å²) in [6.45, 7) is 0.380. The van der Waals surface area contributed by atoms with Gasteiger partial charge < -0.3 is 10.2 Å². The van der Waals surface area contributed by atoms with Crippen molar-refractivity contribution < 1.29 is 4.42 Å². The topological polar surface area (TPSA) is 69.9 Å². The summed E-state index contributed by atoms with van der Waals surface area (Å²) < 4.78 is 6.65. The Balaban J connectivity index is 2.35. The average molecular weight is 164 g/mol. The van der Waals surface area contributed by atoms with Crippen molar-refractivity contribution in [2.24, 2.45) is 5.73 Å². The molecular formula is C7H8N4O. The van der Waals surface area contributed by atoms with Gasteiger partial charge >= 0.3 is 6.01 Å². The summed E-state index contributed by atoms with van der Waals surface area (Å²) in [7, 11) is 0. The Bertz CT molecular complexity index is 351. The largest absolute Gasteiger partial charge is 0.430 e. The van der Waals surface area contributed by atoms with E-state index in [0.29, 0.717) is 12.6 Å². The minimum Gasteiger partial charge on any atom is -0.430 e. The van der Waals surface area contributed by atoms with E-state index in [2.05, 4.69) is 10.1 Å². The standard InChI is InChI=1S/C7H8N4O/c8-4-6-5-12-7(10-6)11-3-1-2-9-11/h1-3,5H,4,8H2. The molecule has 0 atom stereocenters. The van der Waals surface area contributed by atoms with E-state index in [4.69, 9.17) is 10.2 Å². The van der Waals surface area contributed by atoms with Crippen LogP contribution in [0.2, 0.25) is 0 Å². The Morgan fingerprint density at radius 2 is 2.50 bits per heavy atom. The summed E-state index contributed by atoms with van der Waals surface area (Å²) in [6, 6.07) is 2.24. The molecule has 2 N–H and O–H groups in total. The van der Waals surface area contributed by atoms with Crippen LogP contribution in [-0.4, -0.2) is 14.8 Å². The number of oxazole rings is 1. The van der Waals surface area contributed by atoms with E-state index in [1.165, 1.54) is 6.26 Å². The molecule has 0 bridgehead atoms. The molecule has 62 valence electrons. The van der Waals surface area contributed by atoms with E-state index in [-0.39, 0.29) is 0 Å². The molecule has 2 aromatic rings. The number of rotatable bonds is 2. The lowest BCUT2D eigenvalue weighted by molar-refractivity contribution is 0.509. The molecule has 5 heteroatoms. The lowest BCUT2D eigenvalue weighted by Gasteiger charge is -1.89. The van der Waals surface area contributed by atoms with Gasteiger partial charge in [-0.15, -0.1) is 0 Å². The van der Waals surface area contributed by atoms with E-state index < -0.39 is 0 Å². The van der Waals surface area contributed by atoms with Gasteiger partial charge in [0.15, 0.2) is 0 Å². The SMILES string of the molecule is NCc1coc(-n2cccn2)n1. The monoisotopic (exact) mass is 164 g/mol. The maximum absolute atomic E-state index is 5.36. The van der Waals surface area contributed by atoms with Gasteiger partial charge in [-0.05, 0) is 6.07 Å². The Labute approximate surface area is 68.8 Å². The molecule has 0 amide bonds. The fourth-order valence-corrected chi connectivity index (χ4v) is 0.877. The number of nitrogens with zero attached hydrogens (tertiary/aromatic N) is 3. The second kappa shape index (κ2) is 2.78. The molecule has 2 rings (SSSR count). The number of hydrogen-bond acceptors (Lipinski definition) is 4. The molecule has 5 nitrogen and oxygen atoms in total. The summed E-state index contributed by atoms with van der Waals surface area (Å²) in [5, 5.41) is 3.95. The minimum atomic E-state index is 0.380. The van der Waals surface area contributed by atoms with Crippen LogP contribution in [-0.2, 0) is 6.54 Å². The fraction of sp³-hybridized carbons (Fsp3) is 0.143. The summed E-state index contributed by atoms with van der Waals surface area (Å²) in [4.78, 5) is 4.08. The van der Waals surface area contributed by atoms with Crippen molar-refractivity contribution >= 4 is 0 Å². The van der Waals surface area contributed by atoms with Gasteiger partial charge in [0.25, 0.3) is 0 Å². The van der Waals surface area contributed by atoms with Crippen molar-refractivity contribution in [1.82, 2.24) is 14.8 Å². The Morgan fingerprint density at radius 3 is 3.08 bits per heavy atom. The molecule has 2 heterocycles. The van der Waals surface area contributed by atoms with Crippen molar-refractivity contribution in [3.8, 4) is 6.01 Å². The van der Waals surface area contributed by atoms with Crippen LogP contribution in [0, 0.1) is 0 Å². The zero-order chi connectivity index (χ0) is 8.39. The predicted octanol–water partition coefficient (Wildman–Crippen LogP) is 0.319.